The van der Waals surface area contributed by atoms with E-state index in [9.17, 15) is 24.3 Å². The molecule has 9 nitrogen and oxygen atoms in total. The lowest BCUT2D eigenvalue weighted by atomic mass is 9.78. The first kappa shape index (κ1) is 23.9. The molecule has 4 rings (SSSR count). The van der Waals surface area contributed by atoms with Crippen LogP contribution < -0.4 is 5.32 Å². The monoisotopic (exact) mass is 483 g/mol. The third-order valence-electron chi connectivity index (χ3n) is 6.56. The van der Waals surface area contributed by atoms with Crippen molar-refractivity contribution in [1.29, 1.82) is 0 Å². The summed E-state index contributed by atoms with van der Waals surface area (Å²) in [5.74, 6) is -4.05. The van der Waals surface area contributed by atoms with E-state index in [2.05, 4.69) is 10.3 Å². The van der Waals surface area contributed by atoms with Crippen LogP contribution in [0.5, 0.6) is 0 Å². The van der Waals surface area contributed by atoms with Crippen molar-refractivity contribution >= 4 is 35.5 Å². The molecule has 2 aliphatic rings. The summed E-state index contributed by atoms with van der Waals surface area (Å²) in [5, 5.41) is 13.5. The molecule has 2 N–H and O–H groups in total. The number of aromatic nitrogens is 1. The molecule has 1 aromatic heterocycles. The van der Waals surface area contributed by atoms with E-state index < -0.39 is 47.2 Å². The summed E-state index contributed by atoms with van der Waals surface area (Å²) in [7, 11) is 1.28. The first-order valence-corrected chi connectivity index (χ1v) is 12.2. The first-order valence-electron chi connectivity index (χ1n) is 10.8. The smallest absolute Gasteiger partial charge is 0.337 e. The van der Waals surface area contributed by atoms with Gasteiger partial charge in [-0.25, -0.2) is 4.79 Å². The third-order valence-corrected chi connectivity index (χ3v) is 7.18. The number of hydrogen-bond donors (Lipinski definition) is 2. The van der Waals surface area contributed by atoms with Crippen LogP contribution in [0.25, 0.3) is 0 Å². The molecule has 2 saturated heterocycles. The second-order valence-corrected chi connectivity index (χ2v) is 9.33. The number of ether oxygens (including phenoxy) is 1. The van der Waals surface area contributed by atoms with E-state index >= 15 is 0 Å². The second kappa shape index (κ2) is 9.55. The molecule has 2 fully saturated rings. The summed E-state index contributed by atoms with van der Waals surface area (Å²) < 4.78 is 4.74. The third kappa shape index (κ3) is 3.97. The van der Waals surface area contributed by atoms with Gasteiger partial charge >= 0.3 is 11.9 Å². The zero-order chi connectivity index (χ0) is 24.5. The lowest BCUT2D eigenvalue weighted by Crippen LogP contribution is -2.56. The van der Waals surface area contributed by atoms with E-state index in [4.69, 9.17) is 4.74 Å². The molecule has 0 radical (unpaired) electrons. The number of esters is 1. The van der Waals surface area contributed by atoms with Gasteiger partial charge in [-0.05, 0) is 48.3 Å². The number of thioether (sulfide) groups is 1. The summed E-state index contributed by atoms with van der Waals surface area (Å²) in [6.07, 6.45) is 3.62. The maximum atomic E-state index is 13.6. The Labute approximate surface area is 200 Å². The normalized spacial score (nSPS) is 25.9. The Balaban J connectivity index is 1.75. The van der Waals surface area contributed by atoms with Crippen molar-refractivity contribution in [2.75, 3.05) is 19.1 Å². The van der Waals surface area contributed by atoms with Crippen LogP contribution >= 0.6 is 11.8 Å². The second-order valence-electron chi connectivity index (χ2n) is 8.34. The van der Waals surface area contributed by atoms with Crippen molar-refractivity contribution in [2.45, 2.75) is 24.5 Å². The molecule has 2 aliphatic heterocycles. The largest absolute Gasteiger partial charge is 0.480 e. The molecule has 2 aromatic rings. The molecule has 0 bridgehead atoms. The van der Waals surface area contributed by atoms with Crippen LogP contribution in [0.4, 0.5) is 0 Å². The highest BCUT2D eigenvalue weighted by Crippen LogP contribution is 2.50. The number of pyridine rings is 1. The molecule has 4 atom stereocenters. The number of aliphatic carboxylic acids is 1. The number of imide groups is 1. The number of carboxylic acid groups (broad SMARTS) is 1. The molecule has 34 heavy (non-hydrogen) atoms. The number of carbonyl (C=O) groups is 4. The van der Waals surface area contributed by atoms with Gasteiger partial charge in [0.25, 0.3) is 0 Å². The first-order chi connectivity index (χ1) is 16.3. The Morgan fingerprint density at radius 2 is 1.91 bits per heavy atom. The number of nitrogens with one attached hydrogen (secondary N) is 1. The van der Waals surface area contributed by atoms with Gasteiger partial charge in [-0.1, -0.05) is 18.2 Å². The maximum absolute atomic E-state index is 13.6. The van der Waals surface area contributed by atoms with Crippen LogP contribution in [-0.2, 0) is 25.7 Å². The zero-order valence-electron chi connectivity index (χ0n) is 18.8. The van der Waals surface area contributed by atoms with Gasteiger partial charge in [-0.3, -0.25) is 29.6 Å². The average molecular weight is 484 g/mol. The molecule has 3 heterocycles. The van der Waals surface area contributed by atoms with Crippen molar-refractivity contribution in [3.05, 3.63) is 65.5 Å². The predicted molar refractivity (Wildman–Crippen MR) is 124 cm³/mol. The van der Waals surface area contributed by atoms with Crippen molar-refractivity contribution < 1.29 is 29.0 Å². The molecule has 178 valence electrons. The lowest BCUT2D eigenvalue weighted by Gasteiger charge is -2.31. The molecular weight excluding hydrogens is 458 g/mol. The standard InChI is InChI=1S/C24H25N3O6S/c1-33-22(30)15-8-6-14(7-9-15)19-17-18(24(26-19,23(31)32)10-12-34-2)21(29)27(20(17)28)13-16-5-3-4-11-25-16/h3-9,11,17-19,26H,10,12-13H2,1-2H3,(H,31,32). The maximum Gasteiger partial charge on any atom is 0.337 e. The van der Waals surface area contributed by atoms with Crippen LogP contribution in [0.15, 0.2) is 48.7 Å². The number of amides is 2. The highest BCUT2D eigenvalue weighted by molar-refractivity contribution is 7.98. The number of methoxy groups -OCH3 is 1. The van der Waals surface area contributed by atoms with Crippen LogP contribution in [0, 0.1) is 11.8 Å². The van der Waals surface area contributed by atoms with Crippen LogP contribution in [-0.4, -0.2) is 63.4 Å². The Morgan fingerprint density at radius 3 is 2.50 bits per heavy atom. The van der Waals surface area contributed by atoms with E-state index in [0.29, 0.717) is 22.6 Å². The fourth-order valence-corrected chi connectivity index (χ4v) is 5.43. The van der Waals surface area contributed by atoms with Gasteiger partial charge in [0, 0.05) is 12.2 Å². The Morgan fingerprint density at radius 1 is 1.18 bits per heavy atom. The van der Waals surface area contributed by atoms with E-state index in [1.807, 2.05) is 6.26 Å². The number of benzene rings is 1. The molecule has 0 saturated carbocycles. The number of fused-ring (bicyclic) bond motifs is 1. The van der Waals surface area contributed by atoms with E-state index in [1.165, 1.54) is 18.9 Å². The lowest BCUT2D eigenvalue weighted by molar-refractivity contribution is -0.151. The van der Waals surface area contributed by atoms with Gasteiger partial charge in [0.05, 0.1) is 36.7 Å². The average Bonchev–Trinajstić information content (AvgIpc) is 3.33. The van der Waals surface area contributed by atoms with Gasteiger partial charge in [0.15, 0.2) is 0 Å². The van der Waals surface area contributed by atoms with Crippen molar-refractivity contribution in [3.8, 4) is 0 Å². The Hall–Kier alpha value is -3.24. The zero-order valence-corrected chi connectivity index (χ0v) is 19.6. The molecular formula is C24H25N3O6S. The van der Waals surface area contributed by atoms with Crippen molar-refractivity contribution in [2.24, 2.45) is 11.8 Å². The Bertz CT molecular complexity index is 1110. The quantitative estimate of drug-likeness (QED) is 0.428. The Kier molecular flexibility index (Phi) is 6.72. The molecule has 2 amide bonds. The highest BCUT2D eigenvalue weighted by Gasteiger charge is 2.68. The van der Waals surface area contributed by atoms with E-state index in [0.717, 1.165) is 4.90 Å². The number of hydrogen-bond acceptors (Lipinski definition) is 8. The number of rotatable bonds is 8. The van der Waals surface area contributed by atoms with Crippen LogP contribution in [0.2, 0.25) is 0 Å². The van der Waals surface area contributed by atoms with Crippen molar-refractivity contribution in [1.82, 2.24) is 15.2 Å². The minimum Gasteiger partial charge on any atom is -0.480 e. The molecule has 0 spiro atoms. The molecule has 1 aromatic carbocycles. The van der Waals surface area contributed by atoms with Gasteiger partial charge in [0.1, 0.15) is 5.54 Å². The predicted octanol–water partition coefficient (Wildman–Crippen LogP) is 1.89. The van der Waals surface area contributed by atoms with Gasteiger partial charge in [-0.15, -0.1) is 0 Å². The van der Waals surface area contributed by atoms with Crippen molar-refractivity contribution in [3.63, 3.8) is 0 Å². The fourth-order valence-electron chi connectivity index (χ4n) is 4.90. The molecule has 0 aliphatic carbocycles. The SMILES string of the molecule is COC(=O)c1ccc(C2NC(CCSC)(C(=O)O)C3C(=O)N(Cc4ccccn4)C(=O)C23)cc1. The topological polar surface area (TPSA) is 126 Å². The van der Waals surface area contributed by atoms with Gasteiger partial charge in [0.2, 0.25) is 11.8 Å². The number of nitrogens with zero attached hydrogens (tertiary/aromatic N) is 2. The number of carboxylic acids is 1. The minimum absolute atomic E-state index is 0.0161. The van der Waals surface area contributed by atoms with E-state index in [1.54, 1.807) is 48.7 Å². The minimum atomic E-state index is -1.59. The summed E-state index contributed by atoms with van der Waals surface area (Å²) in [6.45, 7) is -0.0161. The summed E-state index contributed by atoms with van der Waals surface area (Å²) >= 11 is 1.47. The number of likely N-dealkylation sites (tertiary alicyclic amines) is 1. The summed E-state index contributed by atoms with van der Waals surface area (Å²) in [4.78, 5) is 56.9. The van der Waals surface area contributed by atoms with Gasteiger partial charge in [-0.2, -0.15) is 11.8 Å². The van der Waals surface area contributed by atoms with Gasteiger partial charge < -0.3 is 9.84 Å². The molecule has 10 heteroatoms. The van der Waals surface area contributed by atoms with E-state index in [-0.39, 0.29) is 13.0 Å². The molecule has 4 unspecified atom stereocenters. The van der Waals surface area contributed by atoms with Crippen LogP contribution in [0.3, 0.4) is 0 Å². The summed E-state index contributed by atoms with van der Waals surface area (Å²) in [6, 6.07) is 11.0. The summed E-state index contributed by atoms with van der Waals surface area (Å²) in [5.41, 5.74) is -0.0967. The number of carbonyl (C=O) groups excluding carboxylic acids is 3. The fraction of sp³-hybridized carbons (Fsp3) is 0.375. The van der Waals surface area contributed by atoms with Crippen LogP contribution in [0.1, 0.15) is 34.1 Å². The highest BCUT2D eigenvalue weighted by atomic mass is 32.2.